The summed E-state index contributed by atoms with van der Waals surface area (Å²) in [7, 11) is 0. The second kappa shape index (κ2) is 13.1. The van der Waals surface area contributed by atoms with Crippen LogP contribution in [0.3, 0.4) is 0 Å². The van der Waals surface area contributed by atoms with Gasteiger partial charge in [-0.3, -0.25) is 0 Å². The van der Waals surface area contributed by atoms with E-state index in [-0.39, 0.29) is 43.1 Å². The van der Waals surface area contributed by atoms with E-state index in [2.05, 4.69) is 22.1 Å². The number of rotatable bonds is 3. The molecule has 0 bridgehead atoms. The predicted molar refractivity (Wildman–Crippen MR) is 173 cm³/mol. The van der Waals surface area contributed by atoms with Crippen LogP contribution in [-0.4, -0.2) is 9.97 Å². The molecular weight excluding hydrogens is 724 g/mol. The van der Waals surface area contributed by atoms with Gasteiger partial charge in [-0.05, 0) is 53.0 Å². The number of fused-ring (bicyclic) bond motifs is 3. The molecule has 0 saturated carbocycles. The molecule has 0 spiro atoms. The van der Waals surface area contributed by atoms with Gasteiger partial charge < -0.3 is 14.4 Å². The first-order valence-corrected chi connectivity index (χ1v) is 13.8. The van der Waals surface area contributed by atoms with Gasteiger partial charge in [0.05, 0.1) is 15.3 Å². The number of furan rings is 1. The Kier molecular flexibility index (Phi) is 7.10. The van der Waals surface area contributed by atoms with Crippen LogP contribution < -0.4 is 0 Å². The first-order chi connectivity index (χ1) is 23.3. The Labute approximate surface area is 279 Å². The second-order valence-corrected chi connectivity index (χ2v) is 11.0. The van der Waals surface area contributed by atoms with Crippen LogP contribution in [0.25, 0.3) is 55.6 Å². The molecule has 0 atom stereocenters. The van der Waals surface area contributed by atoms with Crippen molar-refractivity contribution in [3.63, 3.8) is 0 Å². The van der Waals surface area contributed by atoms with Gasteiger partial charge in [0.15, 0.2) is 0 Å². The minimum Gasteiger partial charge on any atom is -0.500 e. The van der Waals surface area contributed by atoms with E-state index in [9.17, 15) is 4.39 Å². The number of benzene rings is 4. The summed E-state index contributed by atoms with van der Waals surface area (Å²) < 4.78 is 66.9. The van der Waals surface area contributed by atoms with Crippen molar-refractivity contribution in [3.8, 4) is 33.6 Å². The molecule has 3 nitrogen and oxygen atoms in total. The molecule has 0 aliphatic heterocycles. The van der Waals surface area contributed by atoms with Crippen LogP contribution in [0.5, 0.6) is 0 Å². The van der Waals surface area contributed by atoms with Crippen molar-refractivity contribution in [1.82, 2.24) is 9.97 Å². The Balaban J connectivity index is 0.000000192. The fourth-order valence-corrected chi connectivity index (χ4v) is 4.84. The first-order valence-electron chi connectivity index (χ1n) is 16.8. The molecule has 0 aliphatic carbocycles. The van der Waals surface area contributed by atoms with E-state index in [1.807, 2.05) is 93.6 Å². The fraction of sp³-hybridized carbons (Fsp3) is 0.128. The van der Waals surface area contributed by atoms with E-state index >= 15 is 0 Å². The van der Waals surface area contributed by atoms with Crippen molar-refractivity contribution < 1.29 is 37.1 Å². The maximum absolute atomic E-state index is 14.7. The molecule has 4 aromatic carbocycles. The summed E-state index contributed by atoms with van der Waals surface area (Å²) in [6, 6.07) is 33.1. The minimum atomic E-state index is -2.63. The van der Waals surface area contributed by atoms with Gasteiger partial charge in [-0.15, -0.1) is 53.6 Å². The third kappa shape index (κ3) is 6.40. The predicted octanol–water partition coefficient (Wildman–Crippen LogP) is 10.4. The average molecular weight is 761 g/mol. The largest absolute Gasteiger partial charge is 0.500 e. The summed E-state index contributed by atoms with van der Waals surface area (Å²) in [6.45, 7) is 3.51. The summed E-state index contributed by atoms with van der Waals surface area (Å²) in [5, 5.41) is 1.81. The van der Waals surface area contributed by atoms with Gasteiger partial charge in [-0.2, -0.15) is 0 Å². The van der Waals surface area contributed by atoms with E-state index in [0.29, 0.717) is 22.3 Å². The van der Waals surface area contributed by atoms with Gasteiger partial charge in [-0.25, -0.2) is 4.39 Å². The van der Waals surface area contributed by atoms with Crippen molar-refractivity contribution in [2.24, 2.45) is 0 Å². The normalized spacial score (nSPS) is 13.4. The first kappa shape index (κ1) is 23.9. The van der Waals surface area contributed by atoms with Crippen LogP contribution in [-0.2, 0) is 25.5 Å². The van der Waals surface area contributed by atoms with E-state index in [1.54, 1.807) is 18.3 Å². The summed E-state index contributed by atoms with van der Waals surface area (Å²) in [5.41, 5.74) is 5.04. The molecular formula is C39H31FIrN2O-2. The third-order valence-corrected chi connectivity index (χ3v) is 7.04. The zero-order valence-electron chi connectivity index (χ0n) is 30.3. The molecule has 1 radical (unpaired) electrons. The summed E-state index contributed by atoms with van der Waals surface area (Å²) >= 11 is 0. The molecule has 0 aliphatic rings. The zero-order valence-corrected chi connectivity index (χ0v) is 26.6. The van der Waals surface area contributed by atoms with Gasteiger partial charge in [0, 0.05) is 42.0 Å². The molecule has 0 unspecified atom stereocenters. The SMILES string of the molecule is Fc1ccc2c(oc3c(-c4ccccn4)[c-]ccc32)c1-c1ccccc1.[2H]c1nc(-c2[c-]ccc(C(C)(C)C)c2)c([2H])c([2H])c1C([2H])([2H])[2H].[Ir]. The van der Waals surface area contributed by atoms with Crippen molar-refractivity contribution >= 4 is 21.9 Å². The number of nitrogens with zero attached hydrogens (tertiary/aromatic N) is 2. The minimum absolute atomic E-state index is 0. The van der Waals surface area contributed by atoms with Crippen molar-refractivity contribution in [2.75, 3.05) is 0 Å². The van der Waals surface area contributed by atoms with Crippen LogP contribution >= 0.6 is 0 Å². The summed E-state index contributed by atoms with van der Waals surface area (Å²) in [6.07, 6.45) is 1.25. The molecule has 0 saturated heterocycles. The standard InChI is InChI=1S/C23H13FNO.C16H18N.Ir/c24-19-13-12-17-16-9-6-10-18(20-11-4-5-14-25-20)22(16)26-23(17)21(19)15-7-2-1-3-8-15;1-12-8-9-15(17-11-12)13-6-5-7-14(10-13)16(2,3)4;/h1-9,11-14H;5,7-11H,1-4H3;/q2*-1;/i;1D3,8D,9D,11D;. The van der Waals surface area contributed by atoms with Crippen LogP contribution in [0.4, 0.5) is 4.39 Å². The molecule has 3 aromatic heterocycles. The summed E-state index contributed by atoms with van der Waals surface area (Å²) in [4.78, 5) is 8.36. The number of halogens is 1. The van der Waals surface area contributed by atoms with Crippen LogP contribution in [0.2, 0.25) is 0 Å². The number of pyridine rings is 2. The number of aromatic nitrogens is 2. The maximum atomic E-state index is 14.7. The second-order valence-electron chi connectivity index (χ2n) is 11.0. The molecule has 0 N–H and O–H groups in total. The monoisotopic (exact) mass is 761 g/mol. The number of hydrogen-bond donors (Lipinski definition) is 0. The van der Waals surface area contributed by atoms with E-state index in [0.717, 1.165) is 33.2 Å². The average Bonchev–Trinajstić information content (AvgIpc) is 3.45. The van der Waals surface area contributed by atoms with E-state index in [4.69, 9.17) is 12.6 Å². The van der Waals surface area contributed by atoms with Gasteiger partial charge >= 0.3 is 0 Å². The Hall–Kier alpha value is -4.44. The maximum Gasteiger partial charge on any atom is 0.134 e. The van der Waals surface area contributed by atoms with Crippen LogP contribution in [0.15, 0.2) is 120 Å². The molecule has 7 aromatic rings. The summed E-state index contributed by atoms with van der Waals surface area (Å²) in [5.74, 6) is -0.300. The fourth-order valence-electron chi connectivity index (χ4n) is 4.84. The zero-order chi connectivity index (χ0) is 35.1. The Morgan fingerprint density at radius 1 is 0.818 bits per heavy atom. The molecule has 0 amide bonds. The smallest absolute Gasteiger partial charge is 0.134 e. The van der Waals surface area contributed by atoms with Gasteiger partial charge in [0.2, 0.25) is 0 Å². The Morgan fingerprint density at radius 2 is 1.59 bits per heavy atom. The van der Waals surface area contributed by atoms with Crippen molar-refractivity contribution in [3.05, 3.63) is 145 Å². The molecule has 3 heterocycles. The third-order valence-electron chi connectivity index (χ3n) is 7.04. The topological polar surface area (TPSA) is 38.9 Å². The molecule has 44 heavy (non-hydrogen) atoms. The van der Waals surface area contributed by atoms with E-state index < -0.39 is 24.6 Å². The van der Waals surface area contributed by atoms with Crippen molar-refractivity contribution in [2.45, 2.75) is 33.0 Å². The van der Waals surface area contributed by atoms with Crippen LogP contribution in [0, 0.1) is 24.8 Å². The van der Waals surface area contributed by atoms with Gasteiger partial charge in [0.25, 0.3) is 0 Å². The molecule has 5 heteroatoms. The molecule has 221 valence electrons. The Morgan fingerprint density at radius 3 is 2.34 bits per heavy atom. The van der Waals surface area contributed by atoms with E-state index in [1.165, 1.54) is 6.07 Å². The van der Waals surface area contributed by atoms with Gasteiger partial charge in [0.1, 0.15) is 11.4 Å². The van der Waals surface area contributed by atoms with Crippen LogP contribution in [0.1, 0.15) is 40.1 Å². The quantitative estimate of drug-likeness (QED) is 0.168. The number of hydrogen-bond acceptors (Lipinski definition) is 3. The van der Waals surface area contributed by atoms with Crippen molar-refractivity contribution in [1.29, 1.82) is 0 Å². The van der Waals surface area contributed by atoms with Gasteiger partial charge in [-0.1, -0.05) is 86.3 Å². The molecule has 0 fully saturated rings. The molecule has 7 rings (SSSR count). The Bertz CT molecular complexity index is 2300.